The molecule has 0 fully saturated rings. The molecule has 0 saturated heterocycles. The Kier molecular flexibility index (Phi) is 2.42. The third-order valence-corrected chi connectivity index (χ3v) is 6.46. The molecule has 28 heavy (non-hydrogen) atoms. The van der Waals surface area contributed by atoms with Gasteiger partial charge >= 0.3 is 0 Å². The summed E-state index contributed by atoms with van der Waals surface area (Å²) in [6, 6.07) is 30.4. The summed E-state index contributed by atoms with van der Waals surface area (Å²) in [7, 11) is 0. The van der Waals surface area contributed by atoms with Gasteiger partial charge in [0, 0.05) is 27.5 Å². The number of hydrogen-bond donors (Lipinski definition) is 0. The van der Waals surface area contributed by atoms with Crippen LogP contribution >= 0.6 is 0 Å². The topological polar surface area (TPSA) is 28.7 Å². The number of aromatic nitrogens is 1. The highest BCUT2D eigenvalue weighted by molar-refractivity contribution is 7.01. The highest BCUT2D eigenvalue weighted by Gasteiger charge is 2.41. The van der Waals surface area contributed by atoms with E-state index in [1.807, 2.05) is 12.1 Å². The first-order valence-electron chi connectivity index (χ1n) is 9.57. The van der Waals surface area contributed by atoms with Crippen molar-refractivity contribution in [2.45, 2.75) is 0 Å². The summed E-state index contributed by atoms with van der Waals surface area (Å²) in [5, 5.41) is 12.4. The van der Waals surface area contributed by atoms with Gasteiger partial charge in [0.25, 0.3) is 0 Å². The summed E-state index contributed by atoms with van der Waals surface area (Å²) in [6.07, 6.45) is 0. The van der Waals surface area contributed by atoms with Gasteiger partial charge in [-0.2, -0.15) is 5.26 Å². The summed E-state index contributed by atoms with van der Waals surface area (Å²) >= 11 is 0. The van der Waals surface area contributed by atoms with E-state index in [0.717, 1.165) is 11.0 Å². The number of nitriles is 1. The molecule has 0 unspecified atom stereocenters. The Labute approximate surface area is 162 Å². The fourth-order valence-corrected chi connectivity index (χ4v) is 5.48. The van der Waals surface area contributed by atoms with Gasteiger partial charge in [-0.25, -0.2) is 0 Å². The smallest absolute Gasteiger partial charge is 0.250 e. The second-order valence-corrected chi connectivity index (χ2v) is 7.65. The van der Waals surface area contributed by atoms with Crippen LogP contribution in [-0.4, -0.2) is 11.3 Å². The van der Waals surface area contributed by atoms with E-state index in [1.54, 1.807) is 0 Å². The maximum Gasteiger partial charge on any atom is 0.250 e. The minimum absolute atomic E-state index is 0.123. The molecule has 0 atom stereocenters. The lowest BCUT2D eigenvalue weighted by molar-refractivity contribution is 1.19. The minimum Gasteiger partial charge on any atom is -0.310 e. The monoisotopic (exact) mass is 352 g/mol. The lowest BCUT2D eigenvalue weighted by Crippen LogP contribution is -2.53. The van der Waals surface area contributed by atoms with E-state index in [4.69, 9.17) is 0 Å². The van der Waals surface area contributed by atoms with Gasteiger partial charge in [0.05, 0.1) is 11.6 Å². The van der Waals surface area contributed by atoms with E-state index in [0.29, 0.717) is 0 Å². The van der Waals surface area contributed by atoms with Crippen LogP contribution in [0.15, 0.2) is 78.9 Å². The van der Waals surface area contributed by atoms with E-state index < -0.39 is 0 Å². The van der Waals surface area contributed by atoms with Gasteiger partial charge in [-0.1, -0.05) is 60.7 Å². The van der Waals surface area contributed by atoms with Crippen LogP contribution in [0.25, 0.3) is 38.6 Å². The molecule has 126 valence electrons. The maximum atomic E-state index is 9.83. The Morgan fingerprint density at radius 2 is 1.46 bits per heavy atom. The van der Waals surface area contributed by atoms with Crippen LogP contribution in [0.4, 0.5) is 0 Å². The van der Waals surface area contributed by atoms with Crippen molar-refractivity contribution in [3.05, 3.63) is 84.4 Å². The molecular formula is C25H13BN2. The maximum absolute atomic E-state index is 9.83. The summed E-state index contributed by atoms with van der Waals surface area (Å²) in [5.74, 6) is 0. The van der Waals surface area contributed by atoms with Crippen LogP contribution in [0, 0.1) is 11.3 Å². The Bertz CT molecular complexity index is 1530. The van der Waals surface area contributed by atoms with Gasteiger partial charge in [0.15, 0.2) is 0 Å². The van der Waals surface area contributed by atoms with Gasteiger partial charge in [-0.05, 0) is 45.7 Å². The Morgan fingerprint density at radius 1 is 0.714 bits per heavy atom. The Hall–Kier alpha value is -3.77. The Morgan fingerprint density at radius 3 is 2.36 bits per heavy atom. The van der Waals surface area contributed by atoms with Crippen molar-refractivity contribution >= 4 is 44.9 Å². The van der Waals surface area contributed by atoms with Gasteiger partial charge in [-0.3, -0.25) is 0 Å². The van der Waals surface area contributed by atoms with Crippen molar-refractivity contribution in [1.29, 1.82) is 5.26 Å². The molecule has 2 nitrogen and oxygen atoms in total. The largest absolute Gasteiger partial charge is 0.310 e. The second kappa shape index (κ2) is 4.74. The first-order valence-corrected chi connectivity index (χ1v) is 9.57. The van der Waals surface area contributed by atoms with Crippen LogP contribution in [0.2, 0.25) is 0 Å². The average molecular weight is 352 g/mol. The molecule has 3 heteroatoms. The molecule has 0 spiro atoms. The lowest BCUT2D eigenvalue weighted by Gasteiger charge is -2.24. The standard InChI is InChI=1S/C25H13BN2/c27-14-15-6-3-8-17-18-9-5-13-22-24(18)26(23(15)17)20-11-4-10-19-16-7-1-2-12-21(16)28(22)25(19)20/h1-13H. The van der Waals surface area contributed by atoms with E-state index in [-0.39, 0.29) is 6.71 Å². The van der Waals surface area contributed by atoms with Crippen molar-refractivity contribution in [2.24, 2.45) is 0 Å². The number of benzene rings is 4. The number of hydrogen-bond acceptors (Lipinski definition) is 1. The number of fused-ring (bicyclic) bond motifs is 8. The van der Waals surface area contributed by atoms with Crippen molar-refractivity contribution in [1.82, 2.24) is 4.57 Å². The SMILES string of the molecule is N#Cc1cccc2c1B1c3c-2cccc3-n2c3ccccc3c3cccc1c32. The first-order chi connectivity index (χ1) is 13.9. The normalized spacial score (nSPS) is 12.9. The van der Waals surface area contributed by atoms with Gasteiger partial charge < -0.3 is 4.57 Å². The summed E-state index contributed by atoms with van der Waals surface area (Å²) in [4.78, 5) is 0. The van der Waals surface area contributed by atoms with E-state index >= 15 is 0 Å². The molecule has 1 aromatic heterocycles. The van der Waals surface area contributed by atoms with Gasteiger partial charge in [0.1, 0.15) is 0 Å². The van der Waals surface area contributed by atoms with E-state index in [2.05, 4.69) is 77.4 Å². The average Bonchev–Trinajstić information content (AvgIpc) is 3.27. The fourth-order valence-electron chi connectivity index (χ4n) is 5.48. The van der Waals surface area contributed by atoms with Gasteiger partial charge in [0.2, 0.25) is 6.71 Å². The molecule has 2 aliphatic heterocycles. The van der Waals surface area contributed by atoms with E-state index in [9.17, 15) is 5.26 Å². The summed E-state index contributed by atoms with van der Waals surface area (Å²) in [6.45, 7) is 0.123. The zero-order valence-electron chi connectivity index (χ0n) is 15.0. The van der Waals surface area contributed by atoms with Crippen LogP contribution in [0.3, 0.4) is 0 Å². The summed E-state index contributed by atoms with van der Waals surface area (Å²) in [5.41, 5.74) is 10.8. The molecule has 7 rings (SSSR count). The lowest BCUT2D eigenvalue weighted by atomic mass is 9.37. The van der Waals surface area contributed by atoms with Crippen molar-refractivity contribution < 1.29 is 0 Å². The molecule has 5 aromatic rings. The molecule has 0 radical (unpaired) electrons. The first kappa shape index (κ1) is 14.3. The van der Waals surface area contributed by atoms with Crippen molar-refractivity contribution in [3.8, 4) is 22.9 Å². The van der Waals surface area contributed by atoms with Crippen LogP contribution < -0.4 is 16.4 Å². The minimum atomic E-state index is 0.123. The molecule has 0 aliphatic carbocycles. The third-order valence-electron chi connectivity index (χ3n) is 6.46. The Balaban J connectivity index is 1.77. The molecule has 0 N–H and O–H groups in total. The molecule has 2 aliphatic rings. The van der Waals surface area contributed by atoms with Crippen LogP contribution in [0.5, 0.6) is 0 Å². The predicted molar refractivity (Wildman–Crippen MR) is 116 cm³/mol. The molecule has 0 amide bonds. The predicted octanol–water partition coefficient (Wildman–Crippen LogP) is 3.47. The van der Waals surface area contributed by atoms with Crippen molar-refractivity contribution in [2.75, 3.05) is 0 Å². The number of para-hydroxylation sites is 2. The van der Waals surface area contributed by atoms with Crippen molar-refractivity contribution in [3.63, 3.8) is 0 Å². The second-order valence-electron chi connectivity index (χ2n) is 7.65. The highest BCUT2D eigenvalue weighted by Crippen LogP contribution is 2.36. The number of rotatable bonds is 0. The molecule has 0 bridgehead atoms. The number of nitrogens with zero attached hydrogens (tertiary/aromatic N) is 2. The van der Waals surface area contributed by atoms with E-state index in [1.165, 1.54) is 49.5 Å². The molecular weight excluding hydrogens is 339 g/mol. The zero-order valence-corrected chi connectivity index (χ0v) is 15.0. The molecule has 0 saturated carbocycles. The molecule has 3 heterocycles. The zero-order chi connectivity index (χ0) is 18.4. The van der Waals surface area contributed by atoms with Gasteiger partial charge in [-0.15, -0.1) is 0 Å². The van der Waals surface area contributed by atoms with Crippen LogP contribution in [0.1, 0.15) is 5.56 Å². The fraction of sp³-hybridized carbons (Fsp3) is 0. The van der Waals surface area contributed by atoms with Crippen LogP contribution in [-0.2, 0) is 0 Å². The third kappa shape index (κ3) is 1.45. The quantitative estimate of drug-likeness (QED) is 0.384. The highest BCUT2D eigenvalue weighted by atomic mass is 15.0. The summed E-state index contributed by atoms with van der Waals surface area (Å²) < 4.78 is 2.42. The molecule has 4 aromatic carbocycles.